The van der Waals surface area contributed by atoms with Crippen LogP contribution in [0.5, 0.6) is 0 Å². The molecule has 1 aromatic carbocycles. The minimum absolute atomic E-state index is 0.701. The maximum atomic E-state index is 5.44. The summed E-state index contributed by atoms with van der Waals surface area (Å²) in [6.45, 7) is 0.701. The molecule has 0 aliphatic carbocycles. The topological polar surface area (TPSA) is 26.0 Å². The van der Waals surface area contributed by atoms with Gasteiger partial charge in [-0.1, -0.05) is 39.9 Å². The van der Waals surface area contributed by atoms with E-state index in [0.29, 0.717) is 6.54 Å². The van der Waals surface area contributed by atoms with E-state index in [1.807, 2.05) is 12.1 Å². The maximum Gasteiger partial charge on any atom is 0.0649 e. The lowest BCUT2D eigenvalue weighted by atomic mass is 10.1. The van der Waals surface area contributed by atoms with Crippen LogP contribution >= 0.6 is 15.9 Å². The van der Waals surface area contributed by atoms with E-state index >= 15 is 0 Å². The molecular weight excluding hydrogens is 226 g/mol. The zero-order valence-electron chi connectivity index (χ0n) is 7.39. The van der Waals surface area contributed by atoms with Gasteiger partial charge in [-0.25, -0.2) is 0 Å². The number of hydrogen-bond donors (Lipinski definition) is 1. The second kappa shape index (κ2) is 5.80. The van der Waals surface area contributed by atoms with Crippen LogP contribution in [-0.4, -0.2) is 11.9 Å². The fourth-order valence-corrected chi connectivity index (χ4v) is 1.20. The number of benzene rings is 1. The molecule has 0 fully saturated rings. The highest BCUT2D eigenvalue weighted by Crippen LogP contribution is 2.03. The molecule has 2 heteroatoms. The van der Waals surface area contributed by atoms with E-state index in [4.69, 9.17) is 5.73 Å². The second-order valence-electron chi connectivity index (χ2n) is 2.67. The fourth-order valence-electron chi connectivity index (χ4n) is 1.06. The first-order chi connectivity index (χ1) is 6.36. The summed E-state index contributed by atoms with van der Waals surface area (Å²) in [5.74, 6) is 5.99. The SMILES string of the molecule is NCCc1ccc(C#CCBr)cc1. The highest BCUT2D eigenvalue weighted by molar-refractivity contribution is 9.09. The molecule has 0 saturated heterocycles. The quantitative estimate of drug-likeness (QED) is 0.618. The Kier molecular flexibility index (Phi) is 4.59. The van der Waals surface area contributed by atoms with Gasteiger partial charge in [-0.2, -0.15) is 0 Å². The van der Waals surface area contributed by atoms with Gasteiger partial charge in [0.15, 0.2) is 0 Å². The zero-order chi connectivity index (χ0) is 9.52. The van der Waals surface area contributed by atoms with Gasteiger partial charge in [0.05, 0.1) is 5.33 Å². The van der Waals surface area contributed by atoms with E-state index in [-0.39, 0.29) is 0 Å². The molecule has 0 heterocycles. The summed E-state index contributed by atoms with van der Waals surface area (Å²) in [6, 6.07) is 8.21. The Morgan fingerprint density at radius 2 is 1.92 bits per heavy atom. The number of rotatable bonds is 2. The summed E-state index contributed by atoms with van der Waals surface area (Å²) in [7, 11) is 0. The molecule has 0 bridgehead atoms. The van der Waals surface area contributed by atoms with Gasteiger partial charge in [0.25, 0.3) is 0 Å². The van der Waals surface area contributed by atoms with Crippen molar-refractivity contribution in [1.82, 2.24) is 0 Å². The average molecular weight is 238 g/mol. The summed E-state index contributed by atoms with van der Waals surface area (Å²) >= 11 is 3.26. The maximum absolute atomic E-state index is 5.44. The van der Waals surface area contributed by atoms with Crippen molar-refractivity contribution >= 4 is 15.9 Å². The minimum atomic E-state index is 0.701. The van der Waals surface area contributed by atoms with Crippen molar-refractivity contribution in [2.24, 2.45) is 5.73 Å². The largest absolute Gasteiger partial charge is 0.330 e. The standard InChI is InChI=1S/C11H12BrN/c12-8-1-2-10-3-5-11(6-4-10)7-9-13/h3-6H,7-9,13H2. The number of alkyl halides is 1. The molecule has 0 amide bonds. The van der Waals surface area contributed by atoms with Gasteiger partial charge in [0.2, 0.25) is 0 Å². The Morgan fingerprint density at radius 3 is 2.46 bits per heavy atom. The van der Waals surface area contributed by atoms with E-state index < -0.39 is 0 Å². The Labute approximate surface area is 87.5 Å². The van der Waals surface area contributed by atoms with Crippen molar-refractivity contribution < 1.29 is 0 Å². The van der Waals surface area contributed by atoms with Crippen molar-refractivity contribution in [1.29, 1.82) is 0 Å². The van der Waals surface area contributed by atoms with Gasteiger partial charge in [-0.05, 0) is 30.7 Å². The zero-order valence-corrected chi connectivity index (χ0v) is 8.97. The Balaban J connectivity index is 2.69. The fraction of sp³-hybridized carbons (Fsp3) is 0.273. The van der Waals surface area contributed by atoms with E-state index in [9.17, 15) is 0 Å². The Morgan fingerprint density at radius 1 is 1.23 bits per heavy atom. The lowest BCUT2D eigenvalue weighted by molar-refractivity contribution is 0.969. The van der Waals surface area contributed by atoms with Crippen molar-refractivity contribution in [2.75, 3.05) is 11.9 Å². The normalized spacial score (nSPS) is 9.08. The third-order valence-electron chi connectivity index (χ3n) is 1.69. The van der Waals surface area contributed by atoms with Gasteiger partial charge in [-0.3, -0.25) is 0 Å². The van der Waals surface area contributed by atoms with Crippen LogP contribution in [-0.2, 0) is 6.42 Å². The molecule has 68 valence electrons. The molecule has 2 N–H and O–H groups in total. The molecule has 0 radical (unpaired) electrons. The van der Waals surface area contributed by atoms with Crippen molar-refractivity contribution in [3.05, 3.63) is 35.4 Å². The van der Waals surface area contributed by atoms with Crippen molar-refractivity contribution in [2.45, 2.75) is 6.42 Å². The monoisotopic (exact) mass is 237 g/mol. The molecule has 0 aliphatic heterocycles. The van der Waals surface area contributed by atoms with Crippen molar-refractivity contribution in [3.8, 4) is 11.8 Å². The molecular formula is C11H12BrN. The van der Waals surface area contributed by atoms with Crippen LogP contribution in [0.15, 0.2) is 24.3 Å². The van der Waals surface area contributed by atoms with Crippen LogP contribution in [0.25, 0.3) is 0 Å². The first-order valence-corrected chi connectivity index (χ1v) is 5.33. The van der Waals surface area contributed by atoms with Gasteiger partial charge in [0, 0.05) is 5.56 Å². The smallest absolute Gasteiger partial charge is 0.0649 e. The lowest BCUT2D eigenvalue weighted by Crippen LogP contribution is -2.02. The summed E-state index contributed by atoms with van der Waals surface area (Å²) in [5.41, 5.74) is 7.77. The number of nitrogens with two attached hydrogens (primary N) is 1. The van der Waals surface area contributed by atoms with E-state index in [0.717, 1.165) is 17.3 Å². The summed E-state index contributed by atoms with van der Waals surface area (Å²) < 4.78 is 0. The van der Waals surface area contributed by atoms with Crippen LogP contribution in [0.1, 0.15) is 11.1 Å². The Bertz CT molecular complexity index is 305. The summed E-state index contributed by atoms with van der Waals surface area (Å²) in [5, 5.41) is 0.720. The molecule has 0 atom stereocenters. The van der Waals surface area contributed by atoms with Crippen LogP contribution in [0.4, 0.5) is 0 Å². The molecule has 1 rings (SSSR count). The van der Waals surface area contributed by atoms with Gasteiger partial charge >= 0.3 is 0 Å². The van der Waals surface area contributed by atoms with Crippen LogP contribution in [0.2, 0.25) is 0 Å². The molecule has 0 saturated carbocycles. The third kappa shape index (κ3) is 3.63. The predicted molar refractivity (Wildman–Crippen MR) is 59.9 cm³/mol. The highest BCUT2D eigenvalue weighted by Gasteiger charge is 1.90. The molecule has 1 aromatic rings. The highest BCUT2D eigenvalue weighted by atomic mass is 79.9. The predicted octanol–water partition coefficient (Wildman–Crippen LogP) is 1.93. The van der Waals surface area contributed by atoms with Crippen LogP contribution in [0, 0.1) is 11.8 Å². The van der Waals surface area contributed by atoms with Gasteiger partial charge in [0.1, 0.15) is 0 Å². The average Bonchev–Trinajstić information content (AvgIpc) is 2.17. The molecule has 0 aliphatic rings. The molecule has 0 spiro atoms. The van der Waals surface area contributed by atoms with Crippen molar-refractivity contribution in [3.63, 3.8) is 0 Å². The van der Waals surface area contributed by atoms with Crippen LogP contribution < -0.4 is 5.73 Å². The summed E-state index contributed by atoms with van der Waals surface area (Å²) in [6.07, 6.45) is 0.937. The van der Waals surface area contributed by atoms with E-state index in [2.05, 4.69) is 39.9 Å². The molecule has 0 unspecified atom stereocenters. The first kappa shape index (κ1) is 10.3. The van der Waals surface area contributed by atoms with Crippen LogP contribution in [0.3, 0.4) is 0 Å². The molecule has 13 heavy (non-hydrogen) atoms. The van der Waals surface area contributed by atoms with E-state index in [1.54, 1.807) is 0 Å². The number of halogens is 1. The van der Waals surface area contributed by atoms with E-state index in [1.165, 1.54) is 5.56 Å². The first-order valence-electron chi connectivity index (χ1n) is 4.20. The minimum Gasteiger partial charge on any atom is -0.330 e. The van der Waals surface area contributed by atoms with Gasteiger partial charge in [-0.15, -0.1) is 0 Å². The number of hydrogen-bond acceptors (Lipinski definition) is 1. The molecule has 1 nitrogen and oxygen atoms in total. The molecule has 0 aromatic heterocycles. The lowest BCUT2D eigenvalue weighted by Gasteiger charge is -1.97. The van der Waals surface area contributed by atoms with Gasteiger partial charge < -0.3 is 5.73 Å². The second-order valence-corrected chi connectivity index (χ2v) is 3.23. The third-order valence-corrected chi connectivity index (χ3v) is 1.97. The summed E-state index contributed by atoms with van der Waals surface area (Å²) in [4.78, 5) is 0. The Hall–Kier alpha value is -0.780.